The summed E-state index contributed by atoms with van der Waals surface area (Å²) >= 11 is 0. The lowest BCUT2D eigenvalue weighted by Crippen LogP contribution is -2.35. The van der Waals surface area contributed by atoms with Crippen LogP contribution in [0.2, 0.25) is 0 Å². The summed E-state index contributed by atoms with van der Waals surface area (Å²) < 4.78 is 1.32. The molecule has 0 aromatic carbocycles. The highest BCUT2D eigenvalue weighted by atomic mass is 16.2. The van der Waals surface area contributed by atoms with Crippen LogP contribution in [0.5, 0.6) is 0 Å². The molecule has 1 heterocycles. The van der Waals surface area contributed by atoms with Crippen molar-refractivity contribution in [2.45, 2.75) is 84.6 Å². The summed E-state index contributed by atoms with van der Waals surface area (Å²) in [5.74, 6) is 0. The van der Waals surface area contributed by atoms with Gasteiger partial charge in [-0.1, -0.05) is 64.7 Å². The minimum absolute atomic E-state index is 0.158. The van der Waals surface area contributed by atoms with E-state index in [0.29, 0.717) is 12.1 Å². The molecule has 1 rings (SSSR count). The average molecular weight is 294 g/mol. The number of hydrogen-bond acceptors (Lipinski definition) is 2. The summed E-state index contributed by atoms with van der Waals surface area (Å²) in [5.41, 5.74) is 0.151. The van der Waals surface area contributed by atoms with Crippen LogP contribution in [0.4, 0.5) is 0 Å². The number of aromatic nitrogens is 2. The van der Waals surface area contributed by atoms with E-state index in [2.05, 4.69) is 11.9 Å². The number of aryl methyl sites for hydroxylation is 1. The SMILES string of the molecule is CCCCCCCCCCCCn1c(=O)[nH]cc(C)c1=O. The van der Waals surface area contributed by atoms with E-state index in [0.717, 1.165) is 12.8 Å². The molecule has 0 spiro atoms. The van der Waals surface area contributed by atoms with Crippen LogP contribution in [0.15, 0.2) is 15.8 Å². The molecular weight excluding hydrogens is 264 g/mol. The molecule has 4 nitrogen and oxygen atoms in total. The maximum Gasteiger partial charge on any atom is 0.328 e. The van der Waals surface area contributed by atoms with Crippen molar-refractivity contribution in [3.05, 3.63) is 32.6 Å². The third-order valence-electron chi connectivity index (χ3n) is 3.98. The van der Waals surface area contributed by atoms with Crippen LogP contribution in [-0.4, -0.2) is 9.55 Å². The van der Waals surface area contributed by atoms with Crippen LogP contribution in [0, 0.1) is 6.92 Å². The van der Waals surface area contributed by atoms with E-state index in [1.54, 1.807) is 6.92 Å². The Labute approximate surface area is 127 Å². The molecule has 0 aliphatic rings. The van der Waals surface area contributed by atoms with E-state index >= 15 is 0 Å². The van der Waals surface area contributed by atoms with E-state index in [9.17, 15) is 9.59 Å². The zero-order valence-corrected chi connectivity index (χ0v) is 13.6. The Hall–Kier alpha value is -1.32. The zero-order chi connectivity index (χ0) is 15.5. The topological polar surface area (TPSA) is 54.9 Å². The van der Waals surface area contributed by atoms with Crippen LogP contribution in [0.3, 0.4) is 0 Å². The molecule has 0 atom stereocenters. The summed E-state index contributed by atoms with van der Waals surface area (Å²) in [7, 11) is 0. The van der Waals surface area contributed by atoms with Gasteiger partial charge in [-0.25, -0.2) is 4.79 Å². The first-order chi connectivity index (χ1) is 10.2. The molecule has 0 saturated heterocycles. The molecule has 0 bridgehead atoms. The van der Waals surface area contributed by atoms with Crippen molar-refractivity contribution >= 4 is 0 Å². The molecule has 0 aliphatic heterocycles. The Morgan fingerprint density at radius 2 is 1.43 bits per heavy atom. The smallest absolute Gasteiger partial charge is 0.314 e. The Kier molecular flexibility index (Phi) is 8.79. The van der Waals surface area contributed by atoms with Crippen molar-refractivity contribution in [3.63, 3.8) is 0 Å². The fourth-order valence-electron chi connectivity index (χ4n) is 2.58. The first-order valence-corrected chi connectivity index (χ1v) is 8.46. The summed E-state index contributed by atoms with van der Waals surface area (Å²) in [6.07, 6.45) is 14.0. The second kappa shape index (κ2) is 10.4. The van der Waals surface area contributed by atoms with E-state index in [1.807, 2.05) is 0 Å². The summed E-state index contributed by atoms with van der Waals surface area (Å²) in [5, 5.41) is 0. The predicted octanol–water partition coefficient (Wildman–Crippen LogP) is 3.77. The minimum Gasteiger partial charge on any atom is -0.314 e. The monoisotopic (exact) mass is 294 g/mol. The second-order valence-corrected chi connectivity index (χ2v) is 5.92. The number of hydrogen-bond donors (Lipinski definition) is 1. The van der Waals surface area contributed by atoms with Gasteiger partial charge in [0, 0.05) is 18.3 Å². The summed E-state index contributed by atoms with van der Waals surface area (Å²) in [6, 6.07) is 0. The van der Waals surface area contributed by atoms with Gasteiger partial charge in [0.2, 0.25) is 0 Å². The average Bonchev–Trinajstić information content (AvgIpc) is 2.48. The van der Waals surface area contributed by atoms with E-state index < -0.39 is 0 Å². The van der Waals surface area contributed by atoms with Gasteiger partial charge in [0.15, 0.2) is 0 Å². The first-order valence-electron chi connectivity index (χ1n) is 8.46. The van der Waals surface area contributed by atoms with Gasteiger partial charge in [0.25, 0.3) is 5.56 Å². The Balaban J connectivity index is 2.11. The second-order valence-electron chi connectivity index (χ2n) is 5.92. The van der Waals surface area contributed by atoms with Crippen LogP contribution in [0.25, 0.3) is 0 Å². The lowest BCUT2D eigenvalue weighted by atomic mass is 10.1. The minimum atomic E-state index is -0.290. The molecule has 0 aliphatic carbocycles. The highest BCUT2D eigenvalue weighted by Gasteiger charge is 2.03. The third-order valence-corrected chi connectivity index (χ3v) is 3.98. The number of nitrogens with one attached hydrogen (secondary N) is 1. The molecule has 0 amide bonds. The maximum absolute atomic E-state index is 11.8. The van der Waals surface area contributed by atoms with Crippen molar-refractivity contribution in [1.82, 2.24) is 9.55 Å². The molecule has 1 aromatic rings. The number of nitrogens with zero attached hydrogens (tertiary/aromatic N) is 1. The Morgan fingerprint density at radius 1 is 0.905 bits per heavy atom. The van der Waals surface area contributed by atoms with Crippen LogP contribution in [0.1, 0.15) is 76.7 Å². The highest BCUT2D eigenvalue weighted by Crippen LogP contribution is 2.10. The lowest BCUT2D eigenvalue weighted by molar-refractivity contribution is 0.519. The molecule has 0 unspecified atom stereocenters. The molecular formula is C17H30N2O2. The van der Waals surface area contributed by atoms with Gasteiger partial charge >= 0.3 is 5.69 Å². The maximum atomic E-state index is 11.8. The van der Waals surface area contributed by atoms with E-state index in [1.165, 1.54) is 62.1 Å². The number of unbranched alkanes of at least 4 members (excludes halogenated alkanes) is 9. The molecule has 1 N–H and O–H groups in total. The zero-order valence-electron chi connectivity index (χ0n) is 13.6. The molecule has 120 valence electrons. The van der Waals surface area contributed by atoms with Crippen LogP contribution >= 0.6 is 0 Å². The normalized spacial score (nSPS) is 11.0. The molecule has 1 aromatic heterocycles. The third kappa shape index (κ3) is 6.78. The van der Waals surface area contributed by atoms with Crippen molar-refractivity contribution in [2.24, 2.45) is 0 Å². The Morgan fingerprint density at radius 3 is 2.00 bits per heavy atom. The largest absolute Gasteiger partial charge is 0.328 e. The van der Waals surface area contributed by atoms with Crippen LogP contribution < -0.4 is 11.2 Å². The van der Waals surface area contributed by atoms with Gasteiger partial charge in [-0.2, -0.15) is 0 Å². The lowest BCUT2D eigenvalue weighted by Gasteiger charge is -2.05. The van der Waals surface area contributed by atoms with E-state index in [4.69, 9.17) is 0 Å². The van der Waals surface area contributed by atoms with Crippen molar-refractivity contribution in [1.29, 1.82) is 0 Å². The van der Waals surface area contributed by atoms with Crippen molar-refractivity contribution < 1.29 is 0 Å². The number of H-pyrrole nitrogens is 1. The number of rotatable bonds is 11. The molecule has 4 heteroatoms. The van der Waals surface area contributed by atoms with Crippen LogP contribution in [-0.2, 0) is 6.54 Å². The fourth-order valence-corrected chi connectivity index (χ4v) is 2.58. The summed E-state index contributed by atoms with van der Waals surface area (Å²) in [4.78, 5) is 26.0. The van der Waals surface area contributed by atoms with E-state index in [-0.39, 0.29) is 11.2 Å². The van der Waals surface area contributed by atoms with Gasteiger partial charge in [-0.05, 0) is 13.3 Å². The van der Waals surface area contributed by atoms with Gasteiger partial charge in [-0.15, -0.1) is 0 Å². The Bertz CT molecular complexity index is 502. The molecule has 0 saturated carbocycles. The standard InChI is InChI=1S/C17H30N2O2/c1-3-4-5-6-7-8-9-10-11-12-13-19-16(20)15(2)14-18-17(19)21/h14H,3-13H2,1-2H3,(H,18,21). The fraction of sp³-hybridized carbons (Fsp3) is 0.765. The first kappa shape index (κ1) is 17.7. The highest BCUT2D eigenvalue weighted by molar-refractivity contribution is 5.00. The van der Waals surface area contributed by atoms with Crippen molar-refractivity contribution in [3.8, 4) is 0 Å². The van der Waals surface area contributed by atoms with Crippen molar-refractivity contribution in [2.75, 3.05) is 0 Å². The molecule has 0 radical (unpaired) electrons. The van der Waals surface area contributed by atoms with Gasteiger partial charge in [0.05, 0.1) is 0 Å². The molecule has 0 fully saturated rings. The van der Waals surface area contributed by atoms with Gasteiger partial charge < -0.3 is 4.98 Å². The van der Waals surface area contributed by atoms with Gasteiger partial charge in [0.1, 0.15) is 0 Å². The summed E-state index contributed by atoms with van der Waals surface area (Å²) in [6.45, 7) is 4.50. The van der Waals surface area contributed by atoms with Gasteiger partial charge in [-0.3, -0.25) is 9.36 Å². The quantitative estimate of drug-likeness (QED) is 0.632. The predicted molar refractivity (Wildman–Crippen MR) is 87.9 cm³/mol. The molecule has 21 heavy (non-hydrogen) atoms. The number of aromatic amines is 1.